The molecule has 0 aliphatic heterocycles. The number of hydrogen-bond donors (Lipinski definition) is 3. The van der Waals surface area contributed by atoms with Gasteiger partial charge >= 0.3 is 6.09 Å². The minimum Gasteiger partial charge on any atom is -0.444 e. The van der Waals surface area contributed by atoms with Gasteiger partial charge in [0, 0.05) is 18.8 Å². The Bertz CT molecular complexity index is 656. The van der Waals surface area contributed by atoms with Crippen LogP contribution in [0.4, 0.5) is 10.5 Å². The van der Waals surface area contributed by atoms with Crippen LogP contribution in [0.5, 0.6) is 0 Å². The van der Waals surface area contributed by atoms with E-state index >= 15 is 0 Å². The van der Waals surface area contributed by atoms with Gasteiger partial charge in [0.25, 0.3) is 0 Å². The van der Waals surface area contributed by atoms with Crippen molar-refractivity contribution in [1.82, 2.24) is 10.0 Å². The fourth-order valence-corrected chi connectivity index (χ4v) is 3.24. The number of hydrogen-bond acceptors (Lipinski definition) is 5. The van der Waals surface area contributed by atoms with Gasteiger partial charge in [-0.05, 0) is 45.4 Å². The third-order valence-corrected chi connectivity index (χ3v) is 4.50. The molecule has 0 radical (unpaired) electrons. The van der Waals surface area contributed by atoms with Gasteiger partial charge in [0.1, 0.15) is 10.5 Å². The highest BCUT2D eigenvalue weighted by atomic mass is 35.5. The van der Waals surface area contributed by atoms with Gasteiger partial charge in [0.2, 0.25) is 10.0 Å². The van der Waals surface area contributed by atoms with Crippen LogP contribution in [0.15, 0.2) is 23.1 Å². The van der Waals surface area contributed by atoms with E-state index in [1.54, 1.807) is 20.8 Å². The van der Waals surface area contributed by atoms with E-state index in [1.165, 1.54) is 18.2 Å². The average Bonchev–Trinajstić information content (AvgIpc) is 2.35. The summed E-state index contributed by atoms with van der Waals surface area (Å²) in [5.41, 5.74) is 5.34. The Balaban J connectivity index is 2.42. The number of anilines is 1. The van der Waals surface area contributed by atoms with Crippen molar-refractivity contribution >= 4 is 33.4 Å². The van der Waals surface area contributed by atoms with Crippen molar-refractivity contribution in [2.75, 3.05) is 18.8 Å². The fraction of sp³-hybridized carbons (Fsp3) is 0.500. The number of amides is 1. The van der Waals surface area contributed by atoms with Crippen molar-refractivity contribution < 1.29 is 17.9 Å². The summed E-state index contributed by atoms with van der Waals surface area (Å²) < 4.78 is 31.7. The summed E-state index contributed by atoms with van der Waals surface area (Å²) in [5, 5.41) is 2.61. The Morgan fingerprint density at radius 1 is 1.30 bits per heavy atom. The molecule has 1 aromatic carbocycles. The first-order valence-electron chi connectivity index (χ1n) is 7.03. The predicted molar refractivity (Wildman–Crippen MR) is 89.9 cm³/mol. The minimum atomic E-state index is -3.72. The second kappa shape index (κ2) is 7.85. The molecule has 23 heavy (non-hydrogen) atoms. The maximum absolute atomic E-state index is 12.1. The van der Waals surface area contributed by atoms with Gasteiger partial charge < -0.3 is 15.8 Å². The van der Waals surface area contributed by atoms with Crippen LogP contribution in [0.3, 0.4) is 0 Å². The Hall–Kier alpha value is -1.51. The number of nitrogens with two attached hydrogens (primary N) is 1. The molecule has 1 aromatic rings. The zero-order chi connectivity index (χ0) is 17.7. The molecule has 4 N–H and O–H groups in total. The third kappa shape index (κ3) is 7.06. The van der Waals surface area contributed by atoms with E-state index in [2.05, 4.69) is 10.0 Å². The van der Waals surface area contributed by atoms with E-state index in [9.17, 15) is 13.2 Å². The number of nitrogens with one attached hydrogen (secondary N) is 2. The molecule has 7 nitrogen and oxygen atoms in total. The normalized spacial score (nSPS) is 12.0. The maximum Gasteiger partial charge on any atom is 0.407 e. The van der Waals surface area contributed by atoms with Crippen molar-refractivity contribution in [3.05, 3.63) is 23.2 Å². The summed E-state index contributed by atoms with van der Waals surface area (Å²) in [6, 6.07) is 4.18. The molecule has 0 bridgehead atoms. The van der Waals surface area contributed by atoms with Crippen LogP contribution in [0.25, 0.3) is 0 Å². The Labute approximate surface area is 141 Å². The SMILES string of the molecule is CC(C)(C)OC(=O)NCCCNS(=O)(=O)c1ccc(N)cc1Cl. The molecule has 130 valence electrons. The number of carbonyl (C=O) groups is 1. The monoisotopic (exact) mass is 363 g/mol. The van der Waals surface area contributed by atoms with E-state index in [1.807, 2.05) is 0 Å². The van der Waals surface area contributed by atoms with E-state index in [4.69, 9.17) is 22.1 Å². The third-order valence-electron chi connectivity index (χ3n) is 2.56. The first-order valence-corrected chi connectivity index (χ1v) is 8.89. The Kier molecular flexibility index (Phi) is 6.67. The number of ether oxygens (including phenoxy) is 1. The van der Waals surface area contributed by atoms with Gasteiger partial charge in [-0.15, -0.1) is 0 Å². The standard InChI is InChI=1S/C14H22ClN3O4S/c1-14(2,3)22-13(19)17-7-4-8-18-23(20,21)12-6-5-10(16)9-11(12)15/h5-6,9,18H,4,7-8,16H2,1-3H3,(H,17,19). The molecule has 0 fully saturated rings. The lowest BCUT2D eigenvalue weighted by atomic mass is 10.2. The Morgan fingerprint density at radius 3 is 2.52 bits per heavy atom. The number of alkyl carbamates (subject to hydrolysis) is 1. The van der Waals surface area contributed by atoms with Gasteiger partial charge in [-0.3, -0.25) is 0 Å². The fourth-order valence-electron chi connectivity index (χ4n) is 1.61. The van der Waals surface area contributed by atoms with Crippen LogP contribution in [-0.4, -0.2) is 33.2 Å². The molecular weight excluding hydrogens is 342 g/mol. The lowest BCUT2D eigenvalue weighted by molar-refractivity contribution is 0.0527. The first-order chi connectivity index (χ1) is 10.5. The number of rotatable bonds is 6. The van der Waals surface area contributed by atoms with Crippen molar-refractivity contribution in [2.45, 2.75) is 37.7 Å². The highest BCUT2D eigenvalue weighted by Crippen LogP contribution is 2.23. The largest absolute Gasteiger partial charge is 0.444 e. The summed E-state index contributed by atoms with van der Waals surface area (Å²) >= 11 is 5.88. The van der Waals surface area contributed by atoms with Crippen LogP contribution >= 0.6 is 11.6 Å². The minimum absolute atomic E-state index is 0.0338. The average molecular weight is 364 g/mol. The van der Waals surface area contributed by atoms with Gasteiger partial charge in [-0.25, -0.2) is 17.9 Å². The first kappa shape index (κ1) is 19.5. The summed E-state index contributed by atoms with van der Waals surface area (Å²) in [5.74, 6) is 0. The number of sulfonamides is 1. The van der Waals surface area contributed by atoms with Crippen molar-refractivity contribution in [3.63, 3.8) is 0 Å². The summed E-state index contributed by atoms with van der Waals surface area (Å²) in [6.07, 6.45) is -0.132. The second-order valence-corrected chi connectivity index (χ2v) is 8.01. The molecule has 0 aliphatic rings. The van der Waals surface area contributed by atoms with Gasteiger partial charge in [-0.1, -0.05) is 11.6 Å². The molecule has 0 saturated carbocycles. The molecule has 9 heteroatoms. The second-order valence-electron chi connectivity index (χ2n) is 5.87. The summed E-state index contributed by atoms with van der Waals surface area (Å²) in [7, 11) is -3.72. The molecule has 0 aromatic heterocycles. The lowest BCUT2D eigenvalue weighted by Gasteiger charge is -2.19. The van der Waals surface area contributed by atoms with Crippen LogP contribution in [0, 0.1) is 0 Å². The van der Waals surface area contributed by atoms with Gasteiger partial charge in [-0.2, -0.15) is 0 Å². The number of carbonyl (C=O) groups excluding carboxylic acids is 1. The smallest absolute Gasteiger partial charge is 0.407 e. The molecule has 0 saturated heterocycles. The molecule has 0 aliphatic carbocycles. The molecule has 1 rings (SSSR count). The Morgan fingerprint density at radius 2 is 1.96 bits per heavy atom. The topological polar surface area (TPSA) is 111 Å². The number of benzene rings is 1. The molecule has 1 amide bonds. The van der Waals surface area contributed by atoms with Crippen molar-refractivity contribution in [1.29, 1.82) is 0 Å². The zero-order valence-electron chi connectivity index (χ0n) is 13.3. The number of halogens is 1. The summed E-state index contributed by atoms with van der Waals surface area (Å²) in [4.78, 5) is 11.4. The molecule has 0 spiro atoms. The summed E-state index contributed by atoms with van der Waals surface area (Å²) in [6.45, 7) is 5.72. The zero-order valence-corrected chi connectivity index (χ0v) is 14.9. The van der Waals surface area contributed by atoms with Gasteiger partial charge in [0.15, 0.2) is 0 Å². The van der Waals surface area contributed by atoms with Crippen molar-refractivity contribution in [3.8, 4) is 0 Å². The van der Waals surface area contributed by atoms with E-state index in [0.717, 1.165) is 0 Å². The maximum atomic E-state index is 12.1. The number of nitrogen functional groups attached to an aromatic ring is 1. The molecule has 0 unspecified atom stereocenters. The molecular formula is C14H22ClN3O4S. The van der Waals surface area contributed by atoms with Crippen LogP contribution < -0.4 is 15.8 Å². The quantitative estimate of drug-likeness (QED) is 0.529. The van der Waals surface area contributed by atoms with Crippen molar-refractivity contribution in [2.24, 2.45) is 0 Å². The highest BCUT2D eigenvalue weighted by Gasteiger charge is 2.18. The highest BCUT2D eigenvalue weighted by molar-refractivity contribution is 7.89. The van der Waals surface area contributed by atoms with Crippen LogP contribution in [0.1, 0.15) is 27.2 Å². The van der Waals surface area contributed by atoms with E-state index in [0.29, 0.717) is 12.1 Å². The van der Waals surface area contributed by atoms with E-state index in [-0.39, 0.29) is 23.0 Å². The molecule has 0 atom stereocenters. The van der Waals surface area contributed by atoms with Crippen LogP contribution in [0.2, 0.25) is 5.02 Å². The van der Waals surface area contributed by atoms with Crippen LogP contribution in [-0.2, 0) is 14.8 Å². The predicted octanol–water partition coefficient (Wildman–Crippen LogP) is 2.12. The van der Waals surface area contributed by atoms with E-state index < -0.39 is 21.7 Å². The van der Waals surface area contributed by atoms with Gasteiger partial charge in [0.05, 0.1) is 5.02 Å². The lowest BCUT2D eigenvalue weighted by Crippen LogP contribution is -2.34. The molecule has 0 heterocycles.